The molecular formula is C14H19BrN4O2. The van der Waals surface area contributed by atoms with Crippen LogP contribution >= 0.6 is 15.9 Å². The smallest absolute Gasteiger partial charge is 0.272 e. The number of hydrogen-bond acceptors (Lipinski definition) is 4. The molecule has 1 aliphatic rings. The monoisotopic (exact) mass is 354 g/mol. The molecule has 3 N–H and O–H groups in total. The Kier molecular flexibility index (Phi) is 5.69. The molecule has 0 aromatic carbocycles. The molecule has 1 atom stereocenters. The molecule has 0 bridgehead atoms. The van der Waals surface area contributed by atoms with Crippen molar-refractivity contribution in [2.45, 2.75) is 12.8 Å². The number of amides is 2. The second-order valence-corrected chi connectivity index (χ2v) is 5.95. The number of nitrogens with zero attached hydrogens (tertiary/aromatic N) is 2. The number of aromatic nitrogens is 1. The standard InChI is InChI=1S/C14H19BrN4O2/c15-11-3-4-12(18-8-11)14(21)19-7-1-2-10(9-19)13(20)17-6-5-16/h3-4,8,10H,1-2,5-7,9,16H2,(H,17,20). The minimum absolute atomic E-state index is 0.0262. The zero-order valence-corrected chi connectivity index (χ0v) is 13.3. The van der Waals surface area contributed by atoms with Gasteiger partial charge in [-0.05, 0) is 40.9 Å². The first-order valence-electron chi connectivity index (χ1n) is 7.00. The van der Waals surface area contributed by atoms with E-state index in [2.05, 4.69) is 26.2 Å². The van der Waals surface area contributed by atoms with E-state index in [1.807, 2.05) is 0 Å². The van der Waals surface area contributed by atoms with E-state index in [-0.39, 0.29) is 17.7 Å². The maximum absolute atomic E-state index is 12.4. The SMILES string of the molecule is NCCNC(=O)C1CCCN(C(=O)c2ccc(Br)cn2)C1. The molecule has 1 saturated heterocycles. The quantitative estimate of drug-likeness (QED) is 0.835. The van der Waals surface area contributed by atoms with Crippen molar-refractivity contribution < 1.29 is 9.59 Å². The van der Waals surface area contributed by atoms with Crippen molar-refractivity contribution in [2.24, 2.45) is 11.7 Å². The number of pyridine rings is 1. The Labute approximate surface area is 132 Å². The average Bonchev–Trinajstić information content (AvgIpc) is 2.52. The number of piperidine rings is 1. The summed E-state index contributed by atoms with van der Waals surface area (Å²) < 4.78 is 0.830. The molecule has 0 saturated carbocycles. The Morgan fingerprint density at radius 3 is 2.95 bits per heavy atom. The molecule has 21 heavy (non-hydrogen) atoms. The van der Waals surface area contributed by atoms with Gasteiger partial charge in [0.05, 0.1) is 5.92 Å². The molecule has 1 aromatic rings. The number of hydrogen-bond donors (Lipinski definition) is 2. The summed E-state index contributed by atoms with van der Waals surface area (Å²) in [5.74, 6) is -0.315. The van der Waals surface area contributed by atoms with Crippen LogP contribution < -0.4 is 11.1 Å². The van der Waals surface area contributed by atoms with Crippen LogP contribution in [0.15, 0.2) is 22.8 Å². The largest absolute Gasteiger partial charge is 0.355 e. The Bertz CT molecular complexity index is 506. The molecular weight excluding hydrogens is 336 g/mol. The summed E-state index contributed by atoms with van der Waals surface area (Å²) in [6.45, 7) is 1.99. The Balaban J connectivity index is 1.98. The van der Waals surface area contributed by atoms with Crippen molar-refractivity contribution in [1.29, 1.82) is 0 Å². The van der Waals surface area contributed by atoms with Crippen molar-refractivity contribution in [3.8, 4) is 0 Å². The number of rotatable bonds is 4. The maximum atomic E-state index is 12.4. The van der Waals surface area contributed by atoms with Gasteiger partial charge in [-0.25, -0.2) is 4.98 Å². The summed E-state index contributed by atoms with van der Waals surface area (Å²) in [7, 11) is 0. The normalized spacial score (nSPS) is 18.4. The molecule has 0 radical (unpaired) electrons. The maximum Gasteiger partial charge on any atom is 0.272 e. The highest BCUT2D eigenvalue weighted by atomic mass is 79.9. The highest BCUT2D eigenvalue weighted by Crippen LogP contribution is 2.19. The topological polar surface area (TPSA) is 88.3 Å². The molecule has 0 spiro atoms. The van der Waals surface area contributed by atoms with Crippen molar-refractivity contribution in [1.82, 2.24) is 15.2 Å². The lowest BCUT2D eigenvalue weighted by atomic mass is 9.97. The van der Waals surface area contributed by atoms with Crippen LogP contribution in [-0.4, -0.2) is 47.9 Å². The van der Waals surface area contributed by atoms with Crippen LogP contribution in [0.2, 0.25) is 0 Å². The van der Waals surface area contributed by atoms with Crippen LogP contribution in [0.25, 0.3) is 0 Å². The van der Waals surface area contributed by atoms with Gasteiger partial charge in [0.15, 0.2) is 0 Å². The first-order valence-corrected chi connectivity index (χ1v) is 7.79. The zero-order valence-electron chi connectivity index (χ0n) is 11.7. The van der Waals surface area contributed by atoms with E-state index in [0.717, 1.165) is 17.3 Å². The molecule has 2 heterocycles. The van der Waals surface area contributed by atoms with Gasteiger partial charge >= 0.3 is 0 Å². The molecule has 0 aliphatic carbocycles. The Morgan fingerprint density at radius 2 is 2.29 bits per heavy atom. The van der Waals surface area contributed by atoms with E-state index < -0.39 is 0 Å². The minimum Gasteiger partial charge on any atom is -0.355 e. The van der Waals surface area contributed by atoms with E-state index in [1.165, 1.54) is 0 Å². The van der Waals surface area contributed by atoms with Gasteiger partial charge in [0.25, 0.3) is 5.91 Å². The summed E-state index contributed by atoms with van der Waals surface area (Å²) >= 11 is 3.29. The van der Waals surface area contributed by atoms with E-state index in [1.54, 1.807) is 23.2 Å². The molecule has 1 aromatic heterocycles. The summed E-state index contributed by atoms with van der Waals surface area (Å²) in [5.41, 5.74) is 5.78. The molecule has 2 rings (SSSR count). The van der Waals surface area contributed by atoms with E-state index >= 15 is 0 Å². The third-order valence-corrected chi connectivity index (χ3v) is 3.94. The lowest BCUT2D eigenvalue weighted by Crippen LogP contribution is -2.46. The number of nitrogens with two attached hydrogens (primary N) is 1. The summed E-state index contributed by atoms with van der Waals surface area (Å²) in [6, 6.07) is 3.47. The van der Waals surface area contributed by atoms with Crippen LogP contribution in [0.3, 0.4) is 0 Å². The second kappa shape index (κ2) is 7.51. The lowest BCUT2D eigenvalue weighted by molar-refractivity contribution is -0.126. The fourth-order valence-corrected chi connectivity index (χ4v) is 2.61. The highest BCUT2D eigenvalue weighted by molar-refractivity contribution is 9.10. The molecule has 1 aliphatic heterocycles. The summed E-state index contributed by atoms with van der Waals surface area (Å²) in [6.07, 6.45) is 3.22. The van der Waals surface area contributed by atoms with Crippen LogP contribution in [0.4, 0.5) is 0 Å². The lowest BCUT2D eigenvalue weighted by Gasteiger charge is -2.31. The first kappa shape index (κ1) is 15.9. The summed E-state index contributed by atoms with van der Waals surface area (Å²) in [4.78, 5) is 30.2. The van der Waals surface area contributed by atoms with Gasteiger partial charge in [-0.2, -0.15) is 0 Å². The molecule has 7 heteroatoms. The highest BCUT2D eigenvalue weighted by Gasteiger charge is 2.29. The van der Waals surface area contributed by atoms with Crippen molar-refractivity contribution in [3.05, 3.63) is 28.5 Å². The molecule has 6 nitrogen and oxygen atoms in total. The number of likely N-dealkylation sites (tertiary alicyclic amines) is 1. The molecule has 2 amide bonds. The van der Waals surface area contributed by atoms with Gasteiger partial charge < -0.3 is 16.0 Å². The van der Waals surface area contributed by atoms with Gasteiger partial charge in [0.1, 0.15) is 5.69 Å². The van der Waals surface area contributed by atoms with Gasteiger partial charge in [0.2, 0.25) is 5.91 Å². The van der Waals surface area contributed by atoms with Crippen LogP contribution in [0.1, 0.15) is 23.3 Å². The second-order valence-electron chi connectivity index (χ2n) is 5.03. The number of halogens is 1. The Hall–Kier alpha value is -1.47. The molecule has 114 valence electrons. The van der Waals surface area contributed by atoms with Crippen molar-refractivity contribution in [2.75, 3.05) is 26.2 Å². The fraction of sp³-hybridized carbons (Fsp3) is 0.500. The van der Waals surface area contributed by atoms with Crippen molar-refractivity contribution in [3.63, 3.8) is 0 Å². The van der Waals surface area contributed by atoms with Gasteiger partial charge in [-0.3, -0.25) is 9.59 Å². The number of nitrogens with one attached hydrogen (secondary N) is 1. The predicted octanol–water partition coefficient (Wildman–Crippen LogP) is 0.771. The third-order valence-electron chi connectivity index (χ3n) is 3.47. The molecule has 1 unspecified atom stereocenters. The zero-order chi connectivity index (χ0) is 15.2. The van der Waals surface area contributed by atoms with Crippen molar-refractivity contribution >= 4 is 27.7 Å². The fourth-order valence-electron chi connectivity index (χ4n) is 2.38. The van der Waals surface area contributed by atoms with Gasteiger partial charge in [-0.1, -0.05) is 0 Å². The summed E-state index contributed by atoms with van der Waals surface area (Å²) in [5, 5.41) is 2.79. The number of carbonyl (C=O) groups excluding carboxylic acids is 2. The average molecular weight is 355 g/mol. The first-order chi connectivity index (χ1) is 10.1. The van der Waals surface area contributed by atoms with Gasteiger partial charge in [0, 0.05) is 36.8 Å². The van der Waals surface area contributed by atoms with Gasteiger partial charge in [-0.15, -0.1) is 0 Å². The van der Waals surface area contributed by atoms with E-state index in [9.17, 15) is 9.59 Å². The molecule has 1 fully saturated rings. The Morgan fingerprint density at radius 1 is 1.48 bits per heavy atom. The van der Waals surface area contributed by atoms with Crippen LogP contribution in [0.5, 0.6) is 0 Å². The van der Waals surface area contributed by atoms with E-state index in [4.69, 9.17) is 5.73 Å². The van der Waals surface area contributed by atoms with Crippen LogP contribution in [0, 0.1) is 5.92 Å². The third kappa shape index (κ3) is 4.25. The predicted molar refractivity (Wildman–Crippen MR) is 82.6 cm³/mol. The minimum atomic E-state index is -0.162. The number of carbonyl (C=O) groups is 2. The van der Waals surface area contributed by atoms with E-state index in [0.29, 0.717) is 31.9 Å². The van der Waals surface area contributed by atoms with Crippen LogP contribution in [-0.2, 0) is 4.79 Å².